The Kier molecular flexibility index (Phi) is 4.70. The lowest BCUT2D eigenvalue weighted by atomic mass is 10.1. The summed E-state index contributed by atoms with van der Waals surface area (Å²) in [7, 11) is 0. The second kappa shape index (κ2) is 7.73. The van der Waals surface area contributed by atoms with Crippen LogP contribution >= 0.6 is 23.5 Å². The van der Waals surface area contributed by atoms with Gasteiger partial charge in [-0.25, -0.2) is 9.98 Å². The van der Waals surface area contributed by atoms with Crippen LogP contribution in [0.4, 0.5) is 11.4 Å². The fraction of sp³-hybridized carbons (Fsp3) is 0.0769. The molecular formula is C26H18N2O2S2. The molecular weight excluding hydrogens is 436 g/mol. The van der Waals surface area contributed by atoms with Gasteiger partial charge < -0.3 is 9.84 Å². The first kappa shape index (κ1) is 19.5. The molecule has 0 fully saturated rings. The Bertz CT molecular complexity index is 1430. The van der Waals surface area contributed by atoms with Crippen LogP contribution < -0.4 is 4.74 Å². The molecule has 4 aromatic carbocycles. The molecule has 0 saturated heterocycles. The lowest BCUT2D eigenvalue weighted by molar-refractivity contribution is 0.340. The van der Waals surface area contributed by atoms with E-state index in [9.17, 15) is 5.11 Å². The molecule has 32 heavy (non-hydrogen) atoms. The van der Waals surface area contributed by atoms with E-state index >= 15 is 0 Å². The first-order valence-corrected chi connectivity index (χ1v) is 12.0. The van der Waals surface area contributed by atoms with Crippen molar-refractivity contribution in [2.75, 3.05) is 6.61 Å². The summed E-state index contributed by atoms with van der Waals surface area (Å²) < 4.78 is 5.57. The largest absolute Gasteiger partial charge is 0.508 e. The quantitative estimate of drug-likeness (QED) is 0.351. The van der Waals surface area contributed by atoms with Crippen molar-refractivity contribution in [3.05, 3.63) is 83.9 Å². The van der Waals surface area contributed by atoms with Crippen LogP contribution in [0.3, 0.4) is 0 Å². The van der Waals surface area contributed by atoms with Gasteiger partial charge in [0, 0.05) is 31.7 Å². The summed E-state index contributed by atoms with van der Waals surface area (Å²) in [6.45, 7) is 2.64. The minimum absolute atomic E-state index is 0.257. The van der Waals surface area contributed by atoms with Gasteiger partial charge in [0.15, 0.2) is 0 Å². The van der Waals surface area contributed by atoms with Crippen LogP contribution in [0.1, 0.15) is 18.1 Å². The van der Waals surface area contributed by atoms with E-state index in [2.05, 4.69) is 36.4 Å². The van der Waals surface area contributed by atoms with Crippen LogP contribution in [0, 0.1) is 0 Å². The Morgan fingerprint density at radius 3 is 1.69 bits per heavy atom. The van der Waals surface area contributed by atoms with Crippen LogP contribution in [0.25, 0.3) is 10.8 Å². The molecule has 6 heteroatoms. The number of aliphatic imine (C=N–C) groups is 2. The fourth-order valence-electron chi connectivity index (χ4n) is 3.94. The standard InChI is InChI=1S/C26H18N2O2S2/c1-2-30-18-9-5-16(6-10-18)26-28-20-12-13-21-23-19(11-14-22(32-26)24(20)23)27-25(31-21)15-3-7-17(29)8-4-15/h3-14,29H,2H2,1H3. The first-order valence-electron chi connectivity index (χ1n) is 10.3. The van der Waals surface area contributed by atoms with Crippen molar-refractivity contribution in [3.8, 4) is 11.5 Å². The molecule has 0 bridgehead atoms. The number of aromatic hydroxyl groups is 1. The maximum Gasteiger partial charge on any atom is 0.119 e. The number of hydrogen-bond acceptors (Lipinski definition) is 6. The molecule has 2 heterocycles. The van der Waals surface area contributed by atoms with E-state index in [0.717, 1.165) is 43.7 Å². The summed E-state index contributed by atoms with van der Waals surface area (Å²) >= 11 is 3.36. The topological polar surface area (TPSA) is 54.2 Å². The number of nitrogens with zero attached hydrogens (tertiary/aromatic N) is 2. The van der Waals surface area contributed by atoms with Crippen molar-refractivity contribution in [1.82, 2.24) is 0 Å². The second-order valence-electron chi connectivity index (χ2n) is 7.46. The number of rotatable bonds is 4. The minimum Gasteiger partial charge on any atom is -0.508 e. The monoisotopic (exact) mass is 454 g/mol. The van der Waals surface area contributed by atoms with Gasteiger partial charge in [-0.15, -0.1) is 0 Å². The zero-order chi connectivity index (χ0) is 21.7. The van der Waals surface area contributed by atoms with E-state index in [1.807, 2.05) is 31.2 Å². The molecule has 4 aromatic rings. The lowest BCUT2D eigenvalue weighted by Gasteiger charge is -2.22. The van der Waals surface area contributed by atoms with Crippen LogP contribution in [-0.4, -0.2) is 21.8 Å². The Morgan fingerprint density at radius 1 is 0.688 bits per heavy atom. The molecule has 0 unspecified atom stereocenters. The molecule has 6 rings (SSSR count). The summed E-state index contributed by atoms with van der Waals surface area (Å²) in [5.41, 5.74) is 4.02. The van der Waals surface area contributed by atoms with Gasteiger partial charge in [-0.2, -0.15) is 0 Å². The predicted octanol–water partition coefficient (Wildman–Crippen LogP) is 7.31. The first-order chi connectivity index (χ1) is 15.7. The third-order valence-corrected chi connectivity index (χ3v) is 7.58. The van der Waals surface area contributed by atoms with E-state index in [4.69, 9.17) is 14.7 Å². The molecule has 2 aliphatic heterocycles. The summed E-state index contributed by atoms with van der Waals surface area (Å²) in [5.74, 6) is 1.13. The van der Waals surface area contributed by atoms with Crippen LogP contribution in [0.5, 0.6) is 11.5 Å². The Balaban J connectivity index is 1.43. The highest BCUT2D eigenvalue weighted by Crippen LogP contribution is 2.50. The lowest BCUT2D eigenvalue weighted by Crippen LogP contribution is -2.03. The van der Waals surface area contributed by atoms with Crippen LogP contribution in [-0.2, 0) is 0 Å². The van der Waals surface area contributed by atoms with E-state index in [1.54, 1.807) is 35.7 Å². The summed E-state index contributed by atoms with van der Waals surface area (Å²) in [4.78, 5) is 12.3. The molecule has 0 spiro atoms. The number of benzene rings is 4. The summed E-state index contributed by atoms with van der Waals surface area (Å²) in [6, 6.07) is 23.8. The van der Waals surface area contributed by atoms with Gasteiger partial charge in [-0.05, 0) is 79.7 Å². The molecule has 0 aliphatic carbocycles. The number of phenols is 1. The van der Waals surface area contributed by atoms with Crippen molar-refractivity contribution in [2.45, 2.75) is 16.7 Å². The zero-order valence-electron chi connectivity index (χ0n) is 17.2. The van der Waals surface area contributed by atoms with E-state index < -0.39 is 0 Å². The van der Waals surface area contributed by atoms with Crippen molar-refractivity contribution >= 4 is 55.8 Å². The second-order valence-corrected chi connectivity index (χ2v) is 9.52. The van der Waals surface area contributed by atoms with Gasteiger partial charge in [-0.3, -0.25) is 0 Å². The molecule has 0 aromatic heterocycles. The summed E-state index contributed by atoms with van der Waals surface area (Å²) in [6.07, 6.45) is 0. The summed E-state index contributed by atoms with van der Waals surface area (Å²) in [5, 5.41) is 13.9. The molecule has 0 atom stereocenters. The highest BCUT2D eigenvalue weighted by atomic mass is 32.2. The molecule has 1 N–H and O–H groups in total. The van der Waals surface area contributed by atoms with E-state index in [0.29, 0.717) is 6.61 Å². The molecule has 156 valence electrons. The smallest absolute Gasteiger partial charge is 0.119 e. The Labute approximate surface area is 194 Å². The highest BCUT2D eigenvalue weighted by molar-refractivity contribution is 8.15. The van der Waals surface area contributed by atoms with Gasteiger partial charge >= 0.3 is 0 Å². The van der Waals surface area contributed by atoms with Gasteiger partial charge in [-0.1, -0.05) is 23.5 Å². The molecule has 0 amide bonds. The van der Waals surface area contributed by atoms with Crippen LogP contribution in [0.2, 0.25) is 0 Å². The van der Waals surface area contributed by atoms with Crippen molar-refractivity contribution < 1.29 is 9.84 Å². The van der Waals surface area contributed by atoms with Gasteiger partial charge in [0.2, 0.25) is 0 Å². The van der Waals surface area contributed by atoms with Crippen molar-refractivity contribution in [2.24, 2.45) is 9.98 Å². The third-order valence-electron chi connectivity index (χ3n) is 5.42. The fourth-order valence-corrected chi connectivity index (χ4v) is 6.04. The predicted molar refractivity (Wildman–Crippen MR) is 134 cm³/mol. The van der Waals surface area contributed by atoms with E-state index in [1.165, 1.54) is 15.2 Å². The number of thioether (sulfide) groups is 2. The molecule has 2 aliphatic rings. The van der Waals surface area contributed by atoms with Crippen molar-refractivity contribution in [1.29, 1.82) is 0 Å². The molecule has 0 saturated carbocycles. The molecule has 4 nitrogen and oxygen atoms in total. The SMILES string of the molecule is CCOc1ccc(C2=Nc3ccc4c5c(ccc(c35)S2)N=C(c2ccc(O)cc2)S4)cc1. The normalized spacial score (nSPS) is 14.2. The third kappa shape index (κ3) is 3.27. The minimum atomic E-state index is 0.257. The van der Waals surface area contributed by atoms with Crippen LogP contribution in [0.15, 0.2) is 92.6 Å². The zero-order valence-corrected chi connectivity index (χ0v) is 18.8. The Morgan fingerprint density at radius 2 is 1.19 bits per heavy atom. The highest BCUT2D eigenvalue weighted by Gasteiger charge is 2.24. The average Bonchev–Trinajstić information content (AvgIpc) is 2.83. The maximum atomic E-state index is 9.60. The number of phenolic OH excluding ortho intramolecular Hbond substituents is 1. The van der Waals surface area contributed by atoms with Gasteiger partial charge in [0.1, 0.15) is 21.6 Å². The van der Waals surface area contributed by atoms with Gasteiger partial charge in [0.25, 0.3) is 0 Å². The van der Waals surface area contributed by atoms with Crippen molar-refractivity contribution in [3.63, 3.8) is 0 Å². The average molecular weight is 455 g/mol. The number of hydrogen-bond donors (Lipinski definition) is 1. The Hall–Kier alpha value is -3.22. The molecule has 0 radical (unpaired) electrons. The maximum absolute atomic E-state index is 9.60. The van der Waals surface area contributed by atoms with Gasteiger partial charge in [0.05, 0.1) is 18.0 Å². The van der Waals surface area contributed by atoms with E-state index in [-0.39, 0.29) is 5.75 Å². The number of ether oxygens (including phenoxy) is 1.